The zero-order chi connectivity index (χ0) is 18.8. The molecule has 0 aliphatic carbocycles. The Kier molecular flexibility index (Phi) is 5.46. The predicted octanol–water partition coefficient (Wildman–Crippen LogP) is 2.51. The van der Waals surface area contributed by atoms with Crippen LogP contribution >= 0.6 is 0 Å². The first-order chi connectivity index (χ1) is 12.4. The van der Waals surface area contributed by atoms with Gasteiger partial charge in [0, 0.05) is 50.4 Å². The minimum absolute atomic E-state index is 0.0277. The molecule has 1 aromatic carbocycles. The highest BCUT2D eigenvalue weighted by Gasteiger charge is 2.30. The number of carbonyl (C=O) groups is 1. The minimum Gasteiger partial charge on any atom is -0.365 e. The van der Waals surface area contributed by atoms with Crippen molar-refractivity contribution in [2.75, 3.05) is 37.6 Å². The minimum atomic E-state index is -0.364. The van der Waals surface area contributed by atoms with Gasteiger partial charge >= 0.3 is 0 Å². The molecule has 7 heteroatoms. The van der Waals surface area contributed by atoms with E-state index in [1.165, 1.54) is 6.07 Å². The molecule has 2 unspecified atom stereocenters. The van der Waals surface area contributed by atoms with E-state index in [0.717, 1.165) is 32.6 Å². The van der Waals surface area contributed by atoms with Crippen LogP contribution in [0.2, 0.25) is 0 Å². The highest BCUT2D eigenvalue weighted by Crippen LogP contribution is 2.34. The molecule has 1 amide bonds. The average molecular weight is 360 g/mol. The molecule has 0 spiro atoms. The Hall–Kier alpha value is -2.15. The molecular weight excluding hydrogens is 332 g/mol. The van der Waals surface area contributed by atoms with Crippen molar-refractivity contribution in [3.63, 3.8) is 0 Å². The highest BCUT2D eigenvalue weighted by molar-refractivity contribution is 5.96. The van der Waals surface area contributed by atoms with E-state index in [0.29, 0.717) is 29.6 Å². The summed E-state index contributed by atoms with van der Waals surface area (Å²) in [5, 5.41) is 14.9. The molecule has 7 nitrogen and oxygen atoms in total. The van der Waals surface area contributed by atoms with Crippen molar-refractivity contribution in [3.05, 3.63) is 33.9 Å². The highest BCUT2D eigenvalue weighted by atomic mass is 16.6. The Morgan fingerprint density at radius 2 is 1.92 bits per heavy atom. The van der Waals surface area contributed by atoms with Gasteiger partial charge in [0.05, 0.1) is 4.92 Å². The number of piperazine rings is 1. The molecule has 2 saturated heterocycles. The van der Waals surface area contributed by atoms with Crippen molar-refractivity contribution in [1.82, 2.24) is 10.2 Å². The average Bonchev–Trinajstić information content (AvgIpc) is 2.60. The summed E-state index contributed by atoms with van der Waals surface area (Å²) < 4.78 is 0. The molecule has 2 fully saturated rings. The van der Waals surface area contributed by atoms with Crippen LogP contribution in [0.3, 0.4) is 0 Å². The number of nitro benzene ring substituents is 1. The van der Waals surface area contributed by atoms with Crippen molar-refractivity contribution >= 4 is 17.3 Å². The van der Waals surface area contributed by atoms with Crippen LogP contribution in [0.4, 0.5) is 11.4 Å². The maximum Gasteiger partial charge on any atom is 0.293 e. The van der Waals surface area contributed by atoms with E-state index in [-0.39, 0.29) is 22.6 Å². The van der Waals surface area contributed by atoms with Gasteiger partial charge in [0.25, 0.3) is 11.6 Å². The van der Waals surface area contributed by atoms with Crippen molar-refractivity contribution in [2.45, 2.75) is 33.2 Å². The van der Waals surface area contributed by atoms with Gasteiger partial charge in [-0.3, -0.25) is 14.9 Å². The van der Waals surface area contributed by atoms with Crippen molar-refractivity contribution in [1.29, 1.82) is 0 Å². The fourth-order valence-electron chi connectivity index (χ4n) is 4.24. The number of nitrogens with one attached hydrogen (secondary N) is 1. The molecule has 1 aromatic rings. The van der Waals surface area contributed by atoms with Crippen LogP contribution in [0.25, 0.3) is 0 Å². The number of anilines is 1. The quantitative estimate of drug-likeness (QED) is 0.662. The third-order valence-corrected chi connectivity index (χ3v) is 5.39. The van der Waals surface area contributed by atoms with Gasteiger partial charge in [0.15, 0.2) is 0 Å². The predicted molar refractivity (Wildman–Crippen MR) is 102 cm³/mol. The number of amides is 1. The lowest BCUT2D eigenvalue weighted by atomic mass is 9.91. The normalized spacial score (nSPS) is 26.7. The summed E-state index contributed by atoms with van der Waals surface area (Å²) in [6, 6.07) is 5.03. The molecule has 1 N–H and O–H groups in total. The van der Waals surface area contributed by atoms with Gasteiger partial charge in [-0.15, -0.1) is 0 Å². The van der Waals surface area contributed by atoms with E-state index < -0.39 is 0 Å². The fourth-order valence-corrected chi connectivity index (χ4v) is 4.24. The second-order valence-electron chi connectivity index (χ2n) is 7.86. The number of benzene rings is 1. The molecule has 26 heavy (non-hydrogen) atoms. The Bertz CT molecular complexity index is 683. The van der Waals surface area contributed by atoms with Crippen LogP contribution in [-0.2, 0) is 0 Å². The molecule has 0 bridgehead atoms. The number of rotatable bonds is 3. The number of nitrogens with zero attached hydrogens (tertiary/aromatic N) is 3. The van der Waals surface area contributed by atoms with Crippen LogP contribution < -0.4 is 10.2 Å². The van der Waals surface area contributed by atoms with Crippen molar-refractivity contribution in [3.8, 4) is 0 Å². The summed E-state index contributed by atoms with van der Waals surface area (Å²) in [5.74, 6) is 0.872. The second kappa shape index (κ2) is 7.61. The largest absolute Gasteiger partial charge is 0.365 e. The molecule has 2 heterocycles. The van der Waals surface area contributed by atoms with Gasteiger partial charge in [0.2, 0.25) is 0 Å². The standard InChI is InChI=1S/C19H28N4O3/c1-13-8-14(2)12-21(11-13)17-5-4-16(9-18(17)23(25)26)19(24)22-7-6-20-10-15(22)3/h4-5,9,13-15,20H,6-8,10-12H2,1-3H3/t13?,14?,15-/m0/s1. The number of piperidine rings is 1. The number of carbonyl (C=O) groups excluding carboxylic acids is 1. The molecule has 0 saturated carbocycles. The first kappa shape index (κ1) is 18.6. The van der Waals surface area contributed by atoms with Crippen LogP contribution in [0.5, 0.6) is 0 Å². The molecule has 3 rings (SSSR count). The summed E-state index contributed by atoms with van der Waals surface area (Å²) in [5.41, 5.74) is 1.05. The number of hydrogen-bond donors (Lipinski definition) is 1. The smallest absolute Gasteiger partial charge is 0.293 e. The van der Waals surface area contributed by atoms with Gasteiger partial charge in [-0.1, -0.05) is 13.8 Å². The van der Waals surface area contributed by atoms with E-state index in [9.17, 15) is 14.9 Å². The molecule has 142 valence electrons. The molecule has 3 atom stereocenters. The van der Waals surface area contributed by atoms with Gasteiger partial charge in [-0.05, 0) is 37.3 Å². The first-order valence-electron chi connectivity index (χ1n) is 9.42. The summed E-state index contributed by atoms with van der Waals surface area (Å²) in [4.78, 5) is 28.0. The molecule has 2 aliphatic heterocycles. The summed E-state index contributed by atoms with van der Waals surface area (Å²) in [6.07, 6.45) is 1.14. The zero-order valence-corrected chi connectivity index (χ0v) is 15.8. The lowest BCUT2D eigenvalue weighted by Crippen LogP contribution is -2.52. The van der Waals surface area contributed by atoms with E-state index in [1.807, 2.05) is 6.92 Å². The van der Waals surface area contributed by atoms with Crippen molar-refractivity contribution < 1.29 is 9.72 Å². The third kappa shape index (κ3) is 3.82. The topological polar surface area (TPSA) is 78.7 Å². The van der Waals surface area contributed by atoms with Crippen molar-refractivity contribution in [2.24, 2.45) is 11.8 Å². The Balaban J connectivity index is 1.89. The number of nitro groups is 1. The number of hydrogen-bond acceptors (Lipinski definition) is 5. The maximum absolute atomic E-state index is 12.8. The molecule has 2 aliphatic rings. The second-order valence-corrected chi connectivity index (χ2v) is 7.86. The summed E-state index contributed by atoms with van der Waals surface area (Å²) in [6.45, 7) is 10.1. The third-order valence-electron chi connectivity index (χ3n) is 5.39. The Morgan fingerprint density at radius 3 is 2.54 bits per heavy atom. The summed E-state index contributed by atoms with van der Waals surface area (Å²) in [7, 11) is 0. The fraction of sp³-hybridized carbons (Fsp3) is 0.632. The molecule has 0 radical (unpaired) electrons. The van der Waals surface area contributed by atoms with Gasteiger partial charge < -0.3 is 15.1 Å². The molecule has 0 aromatic heterocycles. The van der Waals surface area contributed by atoms with Crippen LogP contribution in [-0.4, -0.2) is 54.5 Å². The first-order valence-corrected chi connectivity index (χ1v) is 9.42. The van der Waals surface area contributed by atoms with Crippen LogP contribution in [0.1, 0.15) is 37.6 Å². The monoisotopic (exact) mass is 360 g/mol. The zero-order valence-electron chi connectivity index (χ0n) is 15.8. The maximum atomic E-state index is 12.8. The lowest BCUT2D eigenvalue weighted by Gasteiger charge is -2.36. The van der Waals surface area contributed by atoms with Gasteiger partial charge in [-0.2, -0.15) is 0 Å². The lowest BCUT2D eigenvalue weighted by molar-refractivity contribution is -0.384. The van der Waals surface area contributed by atoms with Gasteiger partial charge in [0.1, 0.15) is 5.69 Å². The SMILES string of the molecule is CC1CC(C)CN(c2ccc(C(=O)N3CCNC[C@@H]3C)cc2[N+](=O)[O-])C1. The van der Waals surface area contributed by atoms with E-state index in [1.54, 1.807) is 17.0 Å². The Morgan fingerprint density at radius 1 is 1.23 bits per heavy atom. The van der Waals surface area contributed by atoms with Crippen LogP contribution in [0, 0.1) is 22.0 Å². The molecular formula is C19H28N4O3. The van der Waals surface area contributed by atoms with E-state index in [4.69, 9.17) is 0 Å². The van der Waals surface area contributed by atoms with E-state index in [2.05, 4.69) is 24.1 Å². The Labute approximate surface area is 154 Å². The van der Waals surface area contributed by atoms with Gasteiger partial charge in [-0.25, -0.2) is 0 Å². The summed E-state index contributed by atoms with van der Waals surface area (Å²) >= 11 is 0. The van der Waals surface area contributed by atoms with E-state index >= 15 is 0 Å². The van der Waals surface area contributed by atoms with Crippen LogP contribution in [0.15, 0.2) is 18.2 Å².